The summed E-state index contributed by atoms with van der Waals surface area (Å²) >= 11 is 0. The highest BCUT2D eigenvalue weighted by atomic mass is 16.3. The summed E-state index contributed by atoms with van der Waals surface area (Å²) in [6.07, 6.45) is -0.327. The van der Waals surface area contributed by atoms with Crippen LogP contribution in [0.25, 0.3) is 10.8 Å². The number of nitrogens with zero attached hydrogens (tertiary/aromatic N) is 1. The summed E-state index contributed by atoms with van der Waals surface area (Å²) in [5.41, 5.74) is 0.997. The van der Waals surface area contributed by atoms with Crippen LogP contribution in [0.1, 0.15) is 19.4 Å². The van der Waals surface area contributed by atoms with E-state index in [-0.39, 0.29) is 30.2 Å². The van der Waals surface area contributed by atoms with Crippen LogP contribution in [0.4, 0.5) is 0 Å². The molecule has 0 aromatic heterocycles. The number of rotatable bonds is 4. The number of aliphatic hydroxyl groups is 1. The zero-order valence-corrected chi connectivity index (χ0v) is 13.4. The highest BCUT2D eigenvalue weighted by Crippen LogP contribution is 2.26. The number of carbonyl (C=O) groups excluding carboxylic acids is 2. The van der Waals surface area contributed by atoms with Crippen molar-refractivity contribution in [1.29, 1.82) is 0 Å². The monoisotopic (exact) mass is 311 g/mol. The molecule has 120 valence electrons. The smallest absolute Gasteiger partial charge is 0.232 e. The zero-order chi connectivity index (χ0) is 16.6. The van der Waals surface area contributed by atoms with Gasteiger partial charge in [-0.2, -0.15) is 0 Å². The van der Waals surface area contributed by atoms with E-state index in [1.54, 1.807) is 13.8 Å². The van der Waals surface area contributed by atoms with Crippen molar-refractivity contribution < 1.29 is 14.7 Å². The third kappa shape index (κ3) is 2.99. The quantitative estimate of drug-likeness (QED) is 0.882. The van der Waals surface area contributed by atoms with Crippen molar-refractivity contribution in [2.75, 3.05) is 6.54 Å². The Bertz CT molecular complexity index is 735. The van der Waals surface area contributed by atoms with Gasteiger partial charge in [-0.05, 0) is 16.3 Å². The largest absolute Gasteiger partial charge is 0.391 e. The summed E-state index contributed by atoms with van der Waals surface area (Å²) < 4.78 is 0. The molecule has 1 heterocycles. The molecule has 4 heteroatoms. The van der Waals surface area contributed by atoms with Crippen LogP contribution in [-0.4, -0.2) is 34.5 Å². The molecule has 0 spiro atoms. The molecule has 2 aromatic carbocycles. The predicted molar refractivity (Wildman–Crippen MR) is 88.7 cm³/mol. The average Bonchev–Trinajstić information content (AvgIpc) is 2.72. The van der Waals surface area contributed by atoms with E-state index in [1.807, 2.05) is 42.5 Å². The summed E-state index contributed by atoms with van der Waals surface area (Å²) in [6, 6.07) is 14.1. The SMILES string of the molecule is CC1C(=O)N(CC(O)Cc2ccc3ccccc3c2)C(=O)C1C. The van der Waals surface area contributed by atoms with Gasteiger partial charge in [0.15, 0.2) is 0 Å². The van der Waals surface area contributed by atoms with Gasteiger partial charge >= 0.3 is 0 Å². The second-order valence-corrected chi connectivity index (χ2v) is 6.40. The van der Waals surface area contributed by atoms with E-state index in [0.29, 0.717) is 6.42 Å². The zero-order valence-electron chi connectivity index (χ0n) is 13.4. The van der Waals surface area contributed by atoms with Crippen LogP contribution in [0.15, 0.2) is 42.5 Å². The molecule has 1 saturated heterocycles. The number of fused-ring (bicyclic) bond motifs is 1. The van der Waals surface area contributed by atoms with Crippen molar-refractivity contribution >= 4 is 22.6 Å². The second-order valence-electron chi connectivity index (χ2n) is 6.40. The molecule has 2 aromatic rings. The second kappa shape index (κ2) is 6.13. The molecule has 1 fully saturated rings. The van der Waals surface area contributed by atoms with E-state index < -0.39 is 6.10 Å². The predicted octanol–water partition coefficient (Wildman–Crippen LogP) is 2.38. The molecule has 4 nitrogen and oxygen atoms in total. The standard InChI is InChI=1S/C19H21NO3/c1-12-13(2)19(23)20(18(12)22)11-17(21)10-14-7-8-15-5-3-4-6-16(15)9-14/h3-9,12-13,17,21H,10-11H2,1-2H3. The number of hydrogen-bond acceptors (Lipinski definition) is 3. The lowest BCUT2D eigenvalue weighted by Gasteiger charge is -2.19. The Labute approximate surface area is 135 Å². The van der Waals surface area contributed by atoms with Crippen molar-refractivity contribution in [2.45, 2.75) is 26.4 Å². The molecule has 3 rings (SSSR count). The lowest BCUT2D eigenvalue weighted by atomic mass is 10.00. The maximum Gasteiger partial charge on any atom is 0.232 e. The van der Waals surface area contributed by atoms with E-state index in [0.717, 1.165) is 16.3 Å². The minimum Gasteiger partial charge on any atom is -0.391 e. The van der Waals surface area contributed by atoms with Gasteiger partial charge < -0.3 is 5.11 Å². The Morgan fingerprint density at radius 3 is 2.26 bits per heavy atom. The summed E-state index contributed by atoms with van der Waals surface area (Å²) in [4.78, 5) is 25.4. The van der Waals surface area contributed by atoms with E-state index in [1.165, 1.54) is 4.90 Å². The summed E-state index contributed by atoms with van der Waals surface area (Å²) in [7, 11) is 0. The number of β-amino-alcohol motifs (C(OH)–C–C–N with tert-alkyl or cyclic N) is 1. The number of aliphatic hydroxyl groups excluding tert-OH is 1. The van der Waals surface area contributed by atoms with Gasteiger partial charge in [-0.25, -0.2) is 0 Å². The lowest BCUT2D eigenvalue weighted by molar-refractivity contribution is -0.141. The van der Waals surface area contributed by atoms with Crippen LogP contribution in [0.2, 0.25) is 0 Å². The minimum absolute atomic E-state index is 0.0686. The van der Waals surface area contributed by atoms with Gasteiger partial charge in [0.25, 0.3) is 0 Å². The van der Waals surface area contributed by atoms with Gasteiger partial charge in [-0.1, -0.05) is 56.3 Å². The molecule has 2 amide bonds. The normalized spacial score (nSPS) is 22.8. The fraction of sp³-hybridized carbons (Fsp3) is 0.368. The van der Waals surface area contributed by atoms with E-state index >= 15 is 0 Å². The van der Waals surface area contributed by atoms with Gasteiger partial charge in [-0.15, -0.1) is 0 Å². The fourth-order valence-electron chi connectivity index (χ4n) is 3.12. The molecule has 0 bridgehead atoms. The van der Waals surface area contributed by atoms with Gasteiger partial charge in [0.1, 0.15) is 0 Å². The molecule has 23 heavy (non-hydrogen) atoms. The summed E-state index contributed by atoms with van der Waals surface area (Å²) in [5, 5.41) is 12.6. The number of carbonyl (C=O) groups is 2. The van der Waals surface area contributed by atoms with Crippen molar-refractivity contribution in [3.8, 4) is 0 Å². The number of hydrogen-bond donors (Lipinski definition) is 1. The first-order valence-electron chi connectivity index (χ1n) is 7.98. The van der Waals surface area contributed by atoms with Crippen molar-refractivity contribution in [3.63, 3.8) is 0 Å². The molecule has 3 atom stereocenters. The van der Waals surface area contributed by atoms with Gasteiger partial charge in [-0.3, -0.25) is 14.5 Å². The molecular weight excluding hydrogens is 290 g/mol. The lowest BCUT2D eigenvalue weighted by Crippen LogP contribution is -2.38. The molecular formula is C19H21NO3. The molecule has 1 N–H and O–H groups in total. The number of likely N-dealkylation sites (tertiary alicyclic amines) is 1. The third-order valence-electron chi connectivity index (χ3n) is 4.74. The molecule has 1 aliphatic rings. The van der Waals surface area contributed by atoms with Gasteiger partial charge in [0, 0.05) is 18.3 Å². The molecule has 0 radical (unpaired) electrons. The number of benzene rings is 2. The molecule has 3 unspecified atom stereocenters. The average molecular weight is 311 g/mol. The van der Waals surface area contributed by atoms with Crippen LogP contribution < -0.4 is 0 Å². The highest BCUT2D eigenvalue weighted by Gasteiger charge is 2.42. The van der Waals surface area contributed by atoms with Crippen molar-refractivity contribution in [3.05, 3.63) is 48.0 Å². The number of imide groups is 1. The van der Waals surface area contributed by atoms with Crippen LogP contribution in [-0.2, 0) is 16.0 Å². The molecule has 1 aliphatic heterocycles. The van der Waals surface area contributed by atoms with Gasteiger partial charge in [0.2, 0.25) is 11.8 Å². The molecule has 0 aliphatic carbocycles. The van der Waals surface area contributed by atoms with Crippen LogP contribution in [0, 0.1) is 11.8 Å². The fourth-order valence-corrected chi connectivity index (χ4v) is 3.12. The maximum absolute atomic E-state index is 12.1. The van der Waals surface area contributed by atoms with Gasteiger partial charge in [0.05, 0.1) is 12.6 Å². The Balaban J connectivity index is 1.70. The number of amides is 2. The van der Waals surface area contributed by atoms with Crippen molar-refractivity contribution in [2.24, 2.45) is 11.8 Å². The Morgan fingerprint density at radius 2 is 1.61 bits per heavy atom. The van der Waals surface area contributed by atoms with Crippen LogP contribution in [0.3, 0.4) is 0 Å². The summed E-state index contributed by atoms with van der Waals surface area (Å²) in [6.45, 7) is 3.60. The van der Waals surface area contributed by atoms with E-state index in [2.05, 4.69) is 0 Å². The van der Waals surface area contributed by atoms with Crippen LogP contribution in [0.5, 0.6) is 0 Å². The van der Waals surface area contributed by atoms with E-state index in [4.69, 9.17) is 0 Å². The minimum atomic E-state index is -0.749. The Morgan fingerprint density at radius 1 is 1.00 bits per heavy atom. The first-order chi connectivity index (χ1) is 11.0. The third-order valence-corrected chi connectivity index (χ3v) is 4.74. The molecule has 0 saturated carbocycles. The van der Waals surface area contributed by atoms with Crippen molar-refractivity contribution in [1.82, 2.24) is 4.90 Å². The van der Waals surface area contributed by atoms with E-state index in [9.17, 15) is 14.7 Å². The first kappa shape index (κ1) is 15.7. The highest BCUT2D eigenvalue weighted by molar-refractivity contribution is 6.04. The Kier molecular flexibility index (Phi) is 4.18. The first-order valence-corrected chi connectivity index (χ1v) is 7.98. The summed E-state index contributed by atoms with van der Waals surface area (Å²) in [5.74, 6) is -0.953. The van der Waals surface area contributed by atoms with Crippen LogP contribution >= 0.6 is 0 Å². The Hall–Kier alpha value is -2.20. The maximum atomic E-state index is 12.1. The topological polar surface area (TPSA) is 57.6 Å².